The Morgan fingerprint density at radius 1 is 1.35 bits per heavy atom. The lowest BCUT2D eigenvalue weighted by Crippen LogP contribution is -1.95. The maximum atomic E-state index is 10.8. The molecule has 1 aromatic carbocycles. The summed E-state index contributed by atoms with van der Waals surface area (Å²) in [6, 6.07) is 6.42. The Morgan fingerprint density at radius 2 is 2.12 bits per heavy atom. The minimum atomic E-state index is -0.976. The summed E-state index contributed by atoms with van der Waals surface area (Å²) in [6.07, 6.45) is 0. The molecule has 1 N–H and O–H groups in total. The summed E-state index contributed by atoms with van der Waals surface area (Å²) in [5, 5.41) is 16.7. The van der Waals surface area contributed by atoms with Crippen LogP contribution >= 0.6 is 0 Å². The fraction of sp³-hybridized carbons (Fsp3) is 0.250. The van der Waals surface area contributed by atoms with E-state index in [1.165, 1.54) is 12.1 Å². The molecule has 0 bridgehead atoms. The summed E-state index contributed by atoms with van der Waals surface area (Å²) in [5.74, 6) is 0.0619. The second-order valence-electron chi connectivity index (χ2n) is 3.99. The minimum absolute atomic E-state index is 0.152. The summed E-state index contributed by atoms with van der Waals surface area (Å²) < 4.78 is 5.45. The summed E-state index contributed by atoms with van der Waals surface area (Å²) in [5.41, 5.74) is 0.816. The van der Waals surface area contributed by atoms with Crippen molar-refractivity contribution in [3.05, 3.63) is 35.7 Å². The molecule has 0 amide bonds. The largest absolute Gasteiger partial charge is 0.478 e. The standard InChI is InChI=1S/C12H12N2O3/c1-7(2)10-13-14-11(17-10)8-4-3-5-9(6-8)12(15)16/h3-7H,1-2H3,(H,15,16). The fourth-order valence-electron chi connectivity index (χ4n) is 1.37. The first-order valence-corrected chi connectivity index (χ1v) is 5.25. The van der Waals surface area contributed by atoms with Crippen molar-refractivity contribution < 1.29 is 14.3 Å². The van der Waals surface area contributed by atoms with Crippen LogP contribution in [0, 0.1) is 0 Å². The molecule has 0 unspecified atom stereocenters. The molecule has 0 aliphatic rings. The van der Waals surface area contributed by atoms with Gasteiger partial charge in [0.1, 0.15) is 0 Å². The predicted octanol–water partition coefficient (Wildman–Crippen LogP) is 2.56. The van der Waals surface area contributed by atoms with E-state index < -0.39 is 5.97 Å². The van der Waals surface area contributed by atoms with Gasteiger partial charge in [-0.05, 0) is 18.2 Å². The van der Waals surface area contributed by atoms with E-state index in [0.717, 1.165) is 0 Å². The molecular weight excluding hydrogens is 220 g/mol. The maximum Gasteiger partial charge on any atom is 0.335 e. The lowest BCUT2D eigenvalue weighted by molar-refractivity contribution is 0.0697. The number of carbonyl (C=O) groups is 1. The molecule has 88 valence electrons. The minimum Gasteiger partial charge on any atom is -0.478 e. The highest BCUT2D eigenvalue weighted by atomic mass is 16.4. The molecule has 2 rings (SSSR count). The molecule has 0 saturated carbocycles. The molecule has 1 heterocycles. The van der Waals surface area contributed by atoms with Gasteiger partial charge in [-0.2, -0.15) is 0 Å². The van der Waals surface area contributed by atoms with Crippen molar-refractivity contribution in [1.82, 2.24) is 10.2 Å². The van der Waals surface area contributed by atoms with Gasteiger partial charge in [-0.3, -0.25) is 0 Å². The summed E-state index contributed by atoms with van der Waals surface area (Å²) in [7, 11) is 0. The number of hydrogen-bond acceptors (Lipinski definition) is 4. The van der Waals surface area contributed by atoms with Crippen molar-refractivity contribution in [2.24, 2.45) is 0 Å². The van der Waals surface area contributed by atoms with Crippen LogP contribution in [0.5, 0.6) is 0 Å². The number of carboxylic acids is 1. The van der Waals surface area contributed by atoms with Gasteiger partial charge in [0, 0.05) is 11.5 Å². The highest BCUT2D eigenvalue weighted by molar-refractivity contribution is 5.88. The van der Waals surface area contributed by atoms with Crippen molar-refractivity contribution in [2.75, 3.05) is 0 Å². The summed E-state index contributed by atoms with van der Waals surface area (Å²) in [4.78, 5) is 10.8. The van der Waals surface area contributed by atoms with E-state index >= 15 is 0 Å². The van der Waals surface area contributed by atoms with Crippen molar-refractivity contribution >= 4 is 5.97 Å². The Morgan fingerprint density at radius 3 is 2.71 bits per heavy atom. The summed E-state index contributed by atoms with van der Waals surface area (Å²) >= 11 is 0. The van der Waals surface area contributed by atoms with Gasteiger partial charge in [0.25, 0.3) is 0 Å². The number of hydrogen-bond donors (Lipinski definition) is 1. The van der Waals surface area contributed by atoms with Gasteiger partial charge < -0.3 is 9.52 Å². The number of aromatic carboxylic acids is 1. The molecule has 0 aliphatic heterocycles. The van der Waals surface area contributed by atoms with Crippen molar-refractivity contribution in [3.8, 4) is 11.5 Å². The zero-order chi connectivity index (χ0) is 12.4. The zero-order valence-electron chi connectivity index (χ0n) is 9.54. The number of nitrogens with zero attached hydrogens (tertiary/aromatic N) is 2. The van der Waals surface area contributed by atoms with Gasteiger partial charge in [-0.25, -0.2) is 4.79 Å². The lowest BCUT2D eigenvalue weighted by atomic mass is 10.1. The Hall–Kier alpha value is -2.17. The molecule has 0 saturated heterocycles. The van der Waals surface area contributed by atoms with Crippen molar-refractivity contribution in [3.63, 3.8) is 0 Å². The van der Waals surface area contributed by atoms with E-state index in [0.29, 0.717) is 17.3 Å². The third kappa shape index (κ3) is 2.33. The zero-order valence-corrected chi connectivity index (χ0v) is 9.54. The molecule has 17 heavy (non-hydrogen) atoms. The Kier molecular flexibility index (Phi) is 2.91. The highest BCUT2D eigenvalue weighted by Crippen LogP contribution is 2.22. The molecular formula is C12H12N2O3. The molecule has 0 fully saturated rings. The van der Waals surface area contributed by atoms with Gasteiger partial charge in [-0.1, -0.05) is 19.9 Å². The smallest absolute Gasteiger partial charge is 0.335 e. The van der Waals surface area contributed by atoms with E-state index in [-0.39, 0.29) is 11.5 Å². The van der Waals surface area contributed by atoms with Crippen LogP contribution in [0.4, 0.5) is 0 Å². The molecule has 2 aromatic rings. The number of benzene rings is 1. The van der Waals surface area contributed by atoms with Crippen molar-refractivity contribution in [1.29, 1.82) is 0 Å². The molecule has 0 aliphatic carbocycles. The van der Waals surface area contributed by atoms with Gasteiger partial charge in [0.05, 0.1) is 5.56 Å². The number of aromatic nitrogens is 2. The van der Waals surface area contributed by atoms with Gasteiger partial charge in [0.15, 0.2) is 0 Å². The van der Waals surface area contributed by atoms with Crippen LogP contribution < -0.4 is 0 Å². The normalized spacial score (nSPS) is 10.8. The monoisotopic (exact) mass is 232 g/mol. The van der Waals surface area contributed by atoms with Crippen LogP contribution in [0.2, 0.25) is 0 Å². The second-order valence-corrected chi connectivity index (χ2v) is 3.99. The predicted molar refractivity (Wildman–Crippen MR) is 60.8 cm³/mol. The van der Waals surface area contributed by atoms with E-state index in [1.807, 2.05) is 13.8 Å². The van der Waals surface area contributed by atoms with E-state index in [4.69, 9.17) is 9.52 Å². The van der Waals surface area contributed by atoms with Gasteiger partial charge in [0.2, 0.25) is 11.8 Å². The van der Waals surface area contributed by atoms with Crippen LogP contribution in [0.15, 0.2) is 28.7 Å². The summed E-state index contributed by atoms with van der Waals surface area (Å²) in [6.45, 7) is 3.90. The lowest BCUT2D eigenvalue weighted by Gasteiger charge is -1.98. The first-order valence-electron chi connectivity index (χ1n) is 5.25. The number of rotatable bonds is 3. The Bertz CT molecular complexity index is 546. The molecule has 5 nitrogen and oxygen atoms in total. The topological polar surface area (TPSA) is 76.2 Å². The van der Waals surface area contributed by atoms with Crippen LogP contribution in [0.1, 0.15) is 36.0 Å². The average molecular weight is 232 g/mol. The van der Waals surface area contributed by atoms with E-state index in [2.05, 4.69) is 10.2 Å². The molecule has 1 aromatic heterocycles. The van der Waals surface area contributed by atoms with Crippen LogP contribution in [0.25, 0.3) is 11.5 Å². The molecule has 0 radical (unpaired) electrons. The SMILES string of the molecule is CC(C)c1nnc(-c2cccc(C(=O)O)c2)o1. The molecule has 5 heteroatoms. The van der Waals surface area contributed by atoms with Crippen LogP contribution in [-0.4, -0.2) is 21.3 Å². The average Bonchev–Trinajstić information content (AvgIpc) is 2.78. The first kappa shape index (κ1) is 11.3. The van der Waals surface area contributed by atoms with Gasteiger partial charge in [-0.15, -0.1) is 10.2 Å². The van der Waals surface area contributed by atoms with Crippen molar-refractivity contribution in [2.45, 2.75) is 19.8 Å². The van der Waals surface area contributed by atoms with E-state index in [1.54, 1.807) is 12.1 Å². The van der Waals surface area contributed by atoms with E-state index in [9.17, 15) is 4.79 Å². The first-order chi connectivity index (χ1) is 8.08. The Balaban J connectivity index is 2.38. The molecule has 0 atom stereocenters. The Labute approximate surface area is 98.1 Å². The third-order valence-electron chi connectivity index (χ3n) is 2.29. The van der Waals surface area contributed by atoms with Crippen LogP contribution in [-0.2, 0) is 0 Å². The third-order valence-corrected chi connectivity index (χ3v) is 2.29. The number of carboxylic acid groups (broad SMARTS) is 1. The quantitative estimate of drug-likeness (QED) is 0.880. The van der Waals surface area contributed by atoms with Gasteiger partial charge >= 0.3 is 5.97 Å². The maximum absolute atomic E-state index is 10.8. The van der Waals surface area contributed by atoms with Crippen LogP contribution in [0.3, 0.4) is 0 Å². The second kappa shape index (κ2) is 4.37. The molecule has 0 spiro atoms. The fourth-order valence-corrected chi connectivity index (χ4v) is 1.37. The highest BCUT2D eigenvalue weighted by Gasteiger charge is 2.12.